The third-order valence-corrected chi connectivity index (χ3v) is 7.17. The highest BCUT2D eigenvalue weighted by Gasteiger charge is 2.37. The molecule has 0 bridgehead atoms. The Hall–Kier alpha value is -4.44. The van der Waals surface area contributed by atoms with Crippen LogP contribution in [0.1, 0.15) is 25.5 Å². The van der Waals surface area contributed by atoms with Gasteiger partial charge in [-0.05, 0) is 55.3 Å². The van der Waals surface area contributed by atoms with Crippen molar-refractivity contribution in [2.75, 3.05) is 11.9 Å². The minimum Gasteiger partial charge on any atom is -0.384 e. The molecule has 10 heteroatoms. The number of nitrogens with two attached hydrogens (primary N) is 1. The Kier molecular flexibility index (Phi) is 6.50. The molecule has 0 radical (unpaired) electrons. The van der Waals surface area contributed by atoms with Crippen LogP contribution in [0, 0.1) is 11.7 Å². The molecular weight excluding hydrogens is 487 g/mol. The summed E-state index contributed by atoms with van der Waals surface area (Å²) in [4.78, 5) is 32.9. The molecule has 1 aliphatic heterocycles. The Morgan fingerprint density at radius 1 is 1.26 bits per heavy atom. The summed E-state index contributed by atoms with van der Waals surface area (Å²) in [6, 6.07) is 12.7. The van der Waals surface area contributed by atoms with Crippen LogP contribution in [-0.2, 0) is 12.6 Å². The number of hydrogen-bond acceptors (Lipinski definition) is 6. The Morgan fingerprint density at radius 2 is 2.08 bits per heavy atom. The minimum absolute atomic E-state index is 0.142. The van der Waals surface area contributed by atoms with Crippen molar-refractivity contribution in [1.82, 2.24) is 14.5 Å². The van der Waals surface area contributed by atoms with Gasteiger partial charge < -0.3 is 15.0 Å². The number of nitrogens with one attached hydrogen (secondary N) is 1. The quantitative estimate of drug-likeness (QED) is 0.348. The molecule has 1 aromatic carbocycles. The van der Waals surface area contributed by atoms with Gasteiger partial charge in [0.1, 0.15) is 17.2 Å². The molecule has 38 heavy (non-hydrogen) atoms. The maximum absolute atomic E-state index is 15.0. The van der Waals surface area contributed by atoms with Crippen molar-refractivity contribution in [3.63, 3.8) is 0 Å². The summed E-state index contributed by atoms with van der Waals surface area (Å²) in [5.74, 6) is -0.290. The summed E-state index contributed by atoms with van der Waals surface area (Å²) in [6.07, 6.45) is 6.06. The topological polar surface area (TPSA) is 126 Å². The van der Waals surface area contributed by atoms with E-state index in [1.165, 1.54) is 15.2 Å². The minimum atomic E-state index is -1.23. The summed E-state index contributed by atoms with van der Waals surface area (Å²) in [5, 5.41) is 15.1. The molecule has 0 saturated carbocycles. The number of halogens is 1. The number of aryl methyl sites for hydroxylation is 1. The van der Waals surface area contributed by atoms with E-state index in [-0.39, 0.29) is 17.2 Å². The van der Waals surface area contributed by atoms with E-state index < -0.39 is 17.4 Å². The summed E-state index contributed by atoms with van der Waals surface area (Å²) in [7, 11) is 1.65. The zero-order valence-corrected chi connectivity index (χ0v) is 21.1. The van der Waals surface area contributed by atoms with E-state index in [2.05, 4.69) is 10.3 Å². The largest absolute Gasteiger partial charge is 0.488 e. The van der Waals surface area contributed by atoms with Gasteiger partial charge in [-0.15, -0.1) is 0 Å². The first-order chi connectivity index (χ1) is 18.1. The second-order valence-corrected chi connectivity index (χ2v) is 9.70. The molecule has 2 amide bonds. The molecule has 1 aliphatic rings. The summed E-state index contributed by atoms with van der Waals surface area (Å²) in [5.41, 5.74) is 6.08. The highest BCUT2D eigenvalue weighted by molar-refractivity contribution is 5.81. The number of benzene rings is 1. The van der Waals surface area contributed by atoms with Crippen LogP contribution in [0.5, 0.6) is 0 Å². The van der Waals surface area contributed by atoms with Crippen molar-refractivity contribution >= 4 is 34.7 Å². The molecule has 0 saturated heterocycles. The van der Waals surface area contributed by atoms with Crippen molar-refractivity contribution in [1.29, 1.82) is 0 Å². The fourth-order valence-corrected chi connectivity index (χ4v) is 4.78. The van der Waals surface area contributed by atoms with Gasteiger partial charge in [-0.1, -0.05) is 6.07 Å². The van der Waals surface area contributed by atoms with Gasteiger partial charge in [0, 0.05) is 48.8 Å². The maximum atomic E-state index is 15.0. The molecule has 4 N–H and O–H groups in total. The van der Waals surface area contributed by atoms with Gasteiger partial charge in [0.25, 0.3) is 5.56 Å². The van der Waals surface area contributed by atoms with Crippen LogP contribution in [-0.4, -0.2) is 43.0 Å². The fraction of sp³-hybridized carbons (Fsp3) is 0.250. The predicted octanol–water partition coefficient (Wildman–Crippen LogP) is 3.66. The Morgan fingerprint density at radius 3 is 2.79 bits per heavy atom. The van der Waals surface area contributed by atoms with Gasteiger partial charge in [-0.2, -0.15) is 4.79 Å². The highest BCUT2D eigenvalue weighted by Crippen LogP contribution is 2.35. The van der Waals surface area contributed by atoms with Crippen molar-refractivity contribution in [3.05, 3.63) is 82.8 Å². The summed E-state index contributed by atoms with van der Waals surface area (Å²) in [6.45, 7) is 2.15. The fourth-order valence-electron chi connectivity index (χ4n) is 4.78. The van der Waals surface area contributed by atoms with Gasteiger partial charge in [0.15, 0.2) is 0 Å². The molecule has 0 fully saturated rings. The van der Waals surface area contributed by atoms with E-state index in [4.69, 9.17) is 10.7 Å². The van der Waals surface area contributed by atoms with Gasteiger partial charge in [0.2, 0.25) is 0 Å². The van der Waals surface area contributed by atoms with Crippen LogP contribution in [0.3, 0.4) is 0 Å². The number of urea groups is 1. The summed E-state index contributed by atoms with van der Waals surface area (Å²) >= 11 is 0. The number of carbonyl (C=O) groups is 1. The van der Waals surface area contributed by atoms with Gasteiger partial charge in [0.05, 0.1) is 29.7 Å². The number of amides is 2. The number of rotatable bonds is 5. The molecule has 0 aliphatic carbocycles. The van der Waals surface area contributed by atoms with Gasteiger partial charge >= 0.3 is 6.03 Å². The average Bonchev–Trinajstić information content (AvgIpc) is 2.91. The molecule has 3 aromatic heterocycles. The van der Waals surface area contributed by atoms with Crippen LogP contribution < -0.4 is 16.6 Å². The molecule has 194 valence electrons. The van der Waals surface area contributed by atoms with E-state index in [1.54, 1.807) is 69.0 Å². The highest BCUT2D eigenvalue weighted by atomic mass is 19.1. The lowest BCUT2D eigenvalue weighted by atomic mass is 9.80. The van der Waals surface area contributed by atoms with Gasteiger partial charge in [-0.25, -0.2) is 18.9 Å². The second kappa shape index (κ2) is 9.79. The normalized spacial score (nSPS) is 17.1. The number of primary amides is 1. The van der Waals surface area contributed by atoms with Crippen LogP contribution >= 0.6 is 0 Å². The van der Waals surface area contributed by atoms with Crippen LogP contribution in [0.25, 0.3) is 22.0 Å². The Balaban J connectivity index is 1.40. The number of aliphatic hydroxyl groups is 1. The lowest BCUT2D eigenvalue weighted by Gasteiger charge is -2.33. The molecule has 0 spiro atoms. The van der Waals surface area contributed by atoms with Crippen LogP contribution in [0.4, 0.5) is 20.7 Å². The first-order valence-corrected chi connectivity index (χ1v) is 12.2. The zero-order valence-electron chi connectivity index (χ0n) is 21.1. The summed E-state index contributed by atoms with van der Waals surface area (Å²) < 4.78 is 17.9. The van der Waals surface area contributed by atoms with E-state index in [0.29, 0.717) is 47.5 Å². The molecule has 5 rings (SSSR count). The lowest BCUT2D eigenvalue weighted by molar-refractivity contribution is -0.431. The van der Waals surface area contributed by atoms with Crippen LogP contribution in [0.15, 0.2) is 65.7 Å². The Bertz CT molecular complexity index is 1650. The Labute approximate surface area is 218 Å². The molecule has 4 heterocycles. The second-order valence-electron chi connectivity index (χ2n) is 9.70. The molecule has 9 nitrogen and oxygen atoms in total. The molecule has 1 unspecified atom stereocenters. The number of hydrogen-bond donors (Lipinski definition) is 3. The number of aromatic nitrogens is 3. The first kappa shape index (κ1) is 25.2. The maximum Gasteiger partial charge on any atom is 0.488 e. The van der Waals surface area contributed by atoms with E-state index in [0.717, 1.165) is 5.39 Å². The smallest absolute Gasteiger partial charge is 0.384 e. The standard InChI is InChI=1S/C28H27FN6O3/c1-28(38,19-9-12-35(13-10-19)27(30)37)24-8-6-18-16-31-25(15-23(18)32-24)33-22-7-5-17(14-21(22)29)20-4-3-11-34(2)26(20)36/h3-8,11-12,14-16,19,38H,9-10,13H2,1-2H3,(H2-,30,31,32,33,37)/p+1/t19?,28-/m1/s1. The van der Waals surface area contributed by atoms with E-state index in [9.17, 15) is 19.1 Å². The van der Waals surface area contributed by atoms with Crippen molar-refractivity contribution < 1.29 is 18.9 Å². The number of pyridine rings is 3. The number of anilines is 2. The lowest BCUT2D eigenvalue weighted by Crippen LogP contribution is -2.40. The average molecular weight is 516 g/mol. The monoisotopic (exact) mass is 515 g/mol. The number of nitrogens with zero attached hydrogens (tertiary/aromatic N) is 4. The number of carbonyl (C=O) groups excluding carboxylic acids is 1. The SMILES string of the molecule is Cn1cccc(-c2ccc(Nc3cc4nc([C@](C)(O)C5CC=[N+](C(N)=O)CC5)ccc4cn3)c(F)c2)c1=O. The van der Waals surface area contributed by atoms with E-state index in [1.807, 2.05) is 6.07 Å². The third-order valence-electron chi connectivity index (χ3n) is 7.17. The molecule has 4 aromatic rings. The van der Waals surface area contributed by atoms with Crippen molar-refractivity contribution in [2.45, 2.75) is 25.4 Å². The predicted molar refractivity (Wildman–Crippen MR) is 143 cm³/mol. The zero-order chi connectivity index (χ0) is 27.0. The van der Waals surface area contributed by atoms with Gasteiger partial charge in [-0.3, -0.25) is 10.5 Å². The first-order valence-electron chi connectivity index (χ1n) is 12.2. The van der Waals surface area contributed by atoms with Crippen molar-refractivity contribution in [3.8, 4) is 11.1 Å². The number of fused-ring (bicyclic) bond motifs is 1. The van der Waals surface area contributed by atoms with Crippen molar-refractivity contribution in [2.24, 2.45) is 18.7 Å². The van der Waals surface area contributed by atoms with Crippen LogP contribution in [0.2, 0.25) is 0 Å². The molecular formula is C28H28FN6O3+. The third kappa shape index (κ3) is 4.78. The van der Waals surface area contributed by atoms with E-state index >= 15 is 0 Å². The molecule has 2 atom stereocenters.